The number of ether oxygens (including phenoxy) is 3. The molecular formula is C25H26N4O6S2. The van der Waals surface area contributed by atoms with E-state index in [1.54, 1.807) is 18.2 Å². The lowest BCUT2D eigenvalue weighted by molar-refractivity contribution is -0.112. The molecule has 2 aromatic carbocycles. The Morgan fingerprint density at radius 1 is 1.14 bits per heavy atom. The first-order valence-corrected chi connectivity index (χ1v) is 13.7. The van der Waals surface area contributed by atoms with Gasteiger partial charge >= 0.3 is 0 Å². The van der Waals surface area contributed by atoms with Gasteiger partial charge in [0.05, 0.1) is 26.1 Å². The fraction of sp³-hybridized carbons (Fsp3) is 0.280. The van der Waals surface area contributed by atoms with Gasteiger partial charge in [0.15, 0.2) is 11.5 Å². The van der Waals surface area contributed by atoms with Gasteiger partial charge in [-0.1, -0.05) is 36.5 Å². The zero-order chi connectivity index (χ0) is 26.8. The number of aryl methyl sites for hydroxylation is 1. The van der Waals surface area contributed by atoms with Crippen LogP contribution in [0.15, 0.2) is 52.4 Å². The predicted octanol–water partition coefficient (Wildman–Crippen LogP) is 4.04. The van der Waals surface area contributed by atoms with Crippen LogP contribution in [-0.4, -0.2) is 50.6 Å². The normalized spacial score (nSPS) is 11.5. The maximum atomic E-state index is 12.5. The highest BCUT2D eigenvalue weighted by molar-refractivity contribution is 7.93. The van der Waals surface area contributed by atoms with Crippen molar-refractivity contribution < 1.29 is 27.4 Å². The van der Waals surface area contributed by atoms with Gasteiger partial charge in [-0.3, -0.25) is 10.1 Å². The van der Waals surface area contributed by atoms with E-state index in [1.807, 2.05) is 37.3 Å². The second-order valence-electron chi connectivity index (χ2n) is 7.68. The number of nitrogens with zero attached hydrogens (tertiary/aromatic N) is 3. The molecule has 1 heterocycles. The lowest BCUT2D eigenvalue weighted by atomic mass is 10.1. The Hall–Kier alpha value is -3.95. The van der Waals surface area contributed by atoms with Crippen molar-refractivity contribution in [3.05, 3.63) is 59.2 Å². The molecule has 12 heteroatoms. The molecule has 0 unspecified atom stereocenters. The van der Waals surface area contributed by atoms with E-state index in [2.05, 4.69) is 15.5 Å². The standard InChI is InChI=1S/C25H26N4O6S2/c1-4-37(31,32)25-29-28-24(36-25)27-23(30)19(16-26)14-18-9-10-21(22(15-18)33-3)35-12-6-11-34-20-8-5-7-17(2)13-20/h5,7-10,13-15H,4,6,11-12H2,1-3H3,(H,27,28,30)/b19-14-. The molecule has 0 bridgehead atoms. The molecule has 3 rings (SSSR count). The van der Waals surface area contributed by atoms with Gasteiger partial charge < -0.3 is 14.2 Å². The molecular weight excluding hydrogens is 516 g/mol. The Morgan fingerprint density at radius 2 is 1.92 bits per heavy atom. The summed E-state index contributed by atoms with van der Waals surface area (Å²) < 4.78 is 40.5. The molecule has 0 atom stereocenters. The largest absolute Gasteiger partial charge is 0.493 e. The SMILES string of the molecule is CCS(=O)(=O)c1nnc(NC(=O)/C(C#N)=C\c2ccc(OCCCOc3cccc(C)c3)c(OC)c2)s1. The topological polar surface area (TPSA) is 140 Å². The van der Waals surface area contributed by atoms with Crippen LogP contribution in [0.4, 0.5) is 5.13 Å². The van der Waals surface area contributed by atoms with Gasteiger partial charge in [0, 0.05) is 6.42 Å². The molecule has 0 aliphatic carbocycles. The molecule has 194 valence electrons. The number of aromatic nitrogens is 2. The Morgan fingerprint density at radius 3 is 2.62 bits per heavy atom. The maximum Gasteiger partial charge on any atom is 0.268 e. The monoisotopic (exact) mass is 542 g/mol. The Balaban J connectivity index is 1.60. The van der Waals surface area contributed by atoms with Gasteiger partial charge in [-0.25, -0.2) is 8.42 Å². The fourth-order valence-electron chi connectivity index (χ4n) is 3.02. The molecule has 1 N–H and O–H groups in total. The van der Waals surface area contributed by atoms with E-state index >= 15 is 0 Å². The Labute approximate surface area is 219 Å². The molecule has 1 aromatic heterocycles. The van der Waals surface area contributed by atoms with E-state index in [-0.39, 0.29) is 20.8 Å². The molecule has 3 aromatic rings. The number of carbonyl (C=O) groups is 1. The number of amides is 1. The number of nitrogens with one attached hydrogen (secondary N) is 1. The van der Waals surface area contributed by atoms with Gasteiger partial charge in [0.2, 0.25) is 19.3 Å². The zero-order valence-electron chi connectivity index (χ0n) is 20.6. The summed E-state index contributed by atoms with van der Waals surface area (Å²) in [5.74, 6) is 0.874. The van der Waals surface area contributed by atoms with Crippen LogP contribution in [-0.2, 0) is 14.6 Å². The fourth-order valence-corrected chi connectivity index (χ4v) is 5.00. The number of sulfone groups is 1. The molecule has 0 radical (unpaired) electrons. The maximum absolute atomic E-state index is 12.5. The number of nitriles is 1. The van der Waals surface area contributed by atoms with Gasteiger partial charge in [-0.15, -0.1) is 10.2 Å². The van der Waals surface area contributed by atoms with Crippen LogP contribution in [0.2, 0.25) is 0 Å². The molecule has 0 fully saturated rings. The quantitative estimate of drug-likeness (QED) is 0.155. The molecule has 37 heavy (non-hydrogen) atoms. The summed E-state index contributed by atoms with van der Waals surface area (Å²) in [6.45, 7) is 4.38. The van der Waals surface area contributed by atoms with Crippen LogP contribution in [0.5, 0.6) is 17.2 Å². The van der Waals surface area contributed by atoms with Gasteiger partial charge in [0.25, 0.3) is 5.91 Å². The number of benzene rings is 2. The number of carbonyl (C=O) groups excluding carboxylic acids is 1. The third-order valence-electron chi connectivity index (χ3n) is 4.94. The lowest BCUT2D eigenvalue weighted by Crippen LogP contribution is -2.13. The number of anilines is 1. The first-order valence-electron chi connectivity index (χ1n) is 11.3. The minimum Gasteiger partial charge on any atom is -0.493 e. The number of hydrogen-bond acceptors (Lipinski definition) is 10. The van der Waals surface area contributed by atoms with Crippen molar-refractivity contribution in [2.75, 3.05) is 31.4 Å². The molecule has 10 nitrogen and oxygen atoms in total. The highest BCUT2D eigenvalue weighted by Gasteiger charge is 2.20. The first kappa shape index (κ1) is 27.6. The summed E-state index contributed by atoms with van der Waals surface area (Å²) >= 11 is 0.721. The number of methoxy groups -OCH3 is 1. The molecule has 0 saturated carbocycles. The van der Waals surface area contributed by atoms with Crippen molar-refractivity contribution in [3.63, 3.8) is 0 Å². The molecule has 1 amide bonds. The van der Waals surface area contributed by atoms with Gasteiger partial charge in [0.1, 0.15) is 17.4 Å². The van der Waals surface area contributed by atoms with Crippen LogP contribution in [0.1, 0.15) is 24.5 Å². The summed E-state index contributed by atoms with van der Waals surface area (Å²) in [5.41, 5.74) is 1.45. The van der Waals surface area contributed by atoms with Gasteiger partial charge in [-0.2, -0.15) is 5.26 Å². The number of rotatable bonds is 12. The van der Waals surface area contributed by atoms with Crippen molar-refractivity contribution in [1.29, 1.82) is 5.26 Å². The van der Waals surface area contributed by atoms with E-state index in [9.17, 15) is 18.5 Å². The van der Waals surface area contributed by atoms with E-state index in [1.165, 1.54) is 20.1 Å². The second kappa shape index (κ2) is 12.8. The van der Waals surface area contributed by atoms with E-state index in [0.717, 1.165) is 22.6 Å². The second-order valence-corrected chi connectivity index (χ2v) is 11.1. The van der Waals surface area contributed by atoms with E-state index < -0.39 is 15.7 Å². The van der Waals surface area contributed by atoms with Crippen LogP contribution >= 0.6 is 11.3 Å². The van der Waals surface area contributed by atoms with Crippen LogP contribution in [0, 0.1) is 18.3 Å². The summed E-state index contributed by atoms with van der Waals surface area (Å²) in [7, 11) is -2.05. The van der Waals surface area contributed by atoms with Crippen molar-refractivity contribution >= 4 is 38.3 Å². The van der Waals surface area contributed by atoms with E-state index in [0.29, 0.717) is 36.7 Å². The van der Waals surface area contributed by atoms with Crippen LogP contribution < -0.4 is 19.5 Å². The van der Waals surface area contributed by atoms with E-state index in [4.69, 9.17) is 14.2 Å². The highest BCUT2D eigenvalue weighted by atomic mass is 32.2. The summed E-state index contributed by atoms with van der Waals surface area (Å²) in [5, 5.41) is 19.1. The average Bonchev–Trinajstić information content (AvgIpc) is 3.37. The third kappa shape index (κ3) is 7.77. The average molecular weight is 543 g/mol. The number of hydrogen-bond donors (Lipinski definition) is 1. The molecule has 0 aliphatic rings. The summed E-state index contributed by atoms with van der Waals surface area (Å²) in [6, 6.07) is 14.7. The highest BCUT2D eigenvalue weighted by Crippen LogP contribution is 2.29. The Kier molecular flexibility index (Phi) is 9.59. The van der Waals surface area contributed by atoms with Crippen molar-refractivity contribution in [3.8, 4) is 23.3 Å². The first-order chi connectivity index (χ1) is 17.7. The summed E-state index contributed by atoms with van der Waals surface area (Å²) in [4.78, 5) is 12.5. The molecule has 0 aliphatic heterocycles. The van der Waals surface area contributed by atoms with Crippen LogP contribution in [0.25, 0.3) is 6.08 Å². The lowest BCUT2D eigenvalue weighted by Gasteiger charge is -2.12. The molecule has 0 saturated heterocycles. The Bertz CT molecular complexity index is 1430. The minimum atomic E-state index is -3.54. The zero-order valence-corrected chi connectivity index (χ0v) is 22.2. The predicted molar refractivity (Wildman–Crippen MR) is 140 cm³/mol. The molecule has 0 spiro atoms. The van der Waals surface area contributed by atoms with Crippen LogP contribution in [0.3, 0.4) is 0 Å². The smallest absolute Gasteiger partial charge is 0.268 e. The van der Waals surface area contributed by atoms with Crippen molar-refractivity contribution in [1.82, 2.24) is 10.2 Å². The minimum absolute atomic E-state index is 0.0223. The van der Waals surface area contributed by atoms with Gasteiger partial charge in [-0.05, 0) is 48.4 Å². The van der Waals surface area contributed by atoms with Crippen molar-refractivity contribution in [2.45, 2.75) is 24.6 Å². The van der Waals surface area contributed by atoms with Crippen molar-refractivity contribution in [2.24, 2.45) is 0 Å². The summed E-state index contributed by atoms with van der Waals surface area (Å²) in [6.07, 6.45) is 2.03. The third-order valence-corrected chi connectivity index (χ3v) is 7.96.